The first-order chi connectivity index (χ1) is 12.5. The number of nitrogens with zero attached hydrogens (tertiary/aromatic N) is 3. The molecule has 1 atom stereocenters. The monoisotopic (exact) mass is 406 g/mol. The van der Waals surface area contributed by atoms with Gasteiger partial charge in [0.15, 0.2) is 6.04 Å². The van der Waals surface area contributed by atoms with Crippen molar-refractivity contribution in [2.45, 2.75) is 25.3 Å². The third kappa shape index (κ3) is 3.29. The maximum absolute atomic E-state index is 13.4. The number of aromatic nitrogens is 2. The van der Waals surface area contributed by atoms with Gasteiger partial charge in [0.05, 0.1) is 29.4 Å². The highest BCUT2D eigenvalue weighted by Crippen LogP contribution is 2.35. The highest BCUT2D eigenvalue weighted by atomic mass is 35.5. The quantitative estimate of drug-likeness (QED) is 0.749. The average Bonchev–Trinajstić information content (AvgIpc) is 2.94. The van der Waals surface area contributed by atoms with E-state index in [1.54, 1.807) is 0 Å². The molecule has 2 amide bonds. The van der Waals surface area contributed by atoms with Crippen molar-refractivity contribution < 1.29 is 32.3 Å². The second kappa shape index (κ2) is 6.41. The van der Waals surface area contributed by atoms with E-state index in [1.807, 2.05) is 0 Å². The molecule has 0 radical (unpaired) electrons. The number of amides is 2. The molecule has 1 aliphatic rings. The molecule has 0 spiro atoms. The summed E-state index contributed by atoms with van der Waals surface area (Å²) in [7, 11) is 0. The molecule has 1 aromatic heterocycles. The van der Waals surface area contributed by atoms with Crippen molar-refractivity contribution in [2.75, 3.05) is 0 Å². The third-order valence-corrected chi connectivity index (χ3v) is 4.45. The van der Waals surface area contributed by atoms with Gasteiger partial charge < -0.3 is 10.8 Å². The number of halogens is 5. The van der Waals surface area contributed by atoms with Gasteiger partial charge in [0.2, 0.25) is 0 Å². The van der Waals surface area contributed by atoms with Crippen molar-refractivity contribution in [3.63, 3.8) is 0 Å². The molecule has 0 fully saturated rings. The van der Waals surface area contributed by atoms with Crippen LogP contribution in [0.2, 0.25) is 5.02 Å². The number of fused-ring (bicyclic) bond motifs is 1. The topological polar surface area (TPSA) is 101 Å². The number of nitrogens with two attached hydrogens (primary N) is 1. The van der Waals surface area contributed by atoms with Crippen molar-refractivity contribution in [3.05, 3.63) is 40.3 Å². The van der Waals surface area contributed by atoms with Gasteiger partial charge in [-0.1, -0.05) is 11.6 Å². The first kappa shape index (κ1) is 19.0. The van der Waals surface area contributed by atoms with E-state index in [2.05, 4.69) is 5.10 Å². The molecule has 1 aliphatic heterocycles. The van der Waals surface area contributed by atoms with E-state index in [9.17, 15) is 27.2 Å². The van der Waals surface area contributed by atoms with Gasteiger partial charge in [-0.05, 0) is 18.2 Å². The maximum atomic E-state index is 13.4. The zero-order valence-electron chi connectivity index (χ0n) is 13.3. The normalized spacial score (nSPS) is 16.9. The van der Waals surface area contributed by atoms with E-state index in [0.29, 0.717) is 0 Å². The molecule has 7 nitrogen and oxygen atoms in total. The standard InChI is InChI=1S/C15H11ClF4N4O3/c16-7-3-6(1-2-8(7)17)12-11(13(21)25)9-4-23(14(26)27)10(15(18,19)20)5-24(9)22-12/h1-3,10H,4-5H2,(H2,21,25)(H,26,27). The predicted molar refractivity (Wildman–Crippen MR) is 84.6 cm³/mol. The van der Waals surface area contributed by atoms with Crippen LogP contribution < -0.4 is 5.73 Å². The minimum Gasteiger partial charge on any atom is -0.465 e. The average molecular weight is 407 g/mol. The maximum Gasteiger partial charge on any atom is 0.410 e. The first-order valence-corrected chi connectivity index (χ1v) is 7.79. The number of alkyl halides is 3. The number of primary amides is 1. The molecule has 0 saturated carbocycles. The first-order valence-electron chi connectivity index (χ1n) is 7.42. The molecular weight excluding hydrogens is 396 g/mol. The highest BCUT2D eigenvalue weighted by Gasteiger charge is 2.49. The number of carbonyl (C=O) groups excluding carboxylic acids is 1. The number of benzene rings is 1. The largest absolute Gasteiger partial charge is 0.465 e. The summed E-state index contributed by atoms with van der Waals surface area (Å²) < 4.78 is 54.0. The van der Waals surface area contributed by atoms with Gasteiger partial charge in [-0.15, -0.1) is 0 Å². The summed E-state index contributed by atoms with van der Waals surface area (Å²) in [6, 6.07) is 1.04. The highest BCUT2D eigenvalue weighted by molar-refractivity contribution is 6.31. The Bertz CT molecular complexity index is 944. The van der Waals surface area contributed by atoms with Crippen molar-refractivity contribution in [2.24, 2.45) is 5.73 Å². The summed E-state index contributed by atoms with van der Waals surface area (Å²) in [6.45, 7) is -1.58. The molecule has 0 saturated heterocycles. The van der Waals surface area contributed by atoms with Crippen LogP contribution in [0.3, 0.4) is 0 Å². The summed E-state index contributed by atoms with van der Waals surface area (Å²) in [5.41, 5.74) is 5.07. The van der Waals surface area contributed by atoms with Crippen LogP contribution in [0.15, 0.2) is 18.2 Å². The van der Waals surface area contributed by atoms with Crippen molar-refractivity contribution in [1.29, 1.82) is 0 Å². The van der Waals surface area contributed by atoms with E-state index in [4.69, 9.17) is 22.4 Å². The van der Waals surface area contributed by atoms with Gasteiger partial charge >= 0.3 is 12.3 Å². The van der Waals surface area contributed by atoms with Crippen LogP contribution in [0.25, 0.3) is 11.3 Å². The molecule has 2 aromatic rings. The fraction of sp³-hybridized carbons (Fsp3) is 0.267. The van der Waals surface area contributed by atoms with E-state index in [1.165, 1.54) is 6.07 Å². The van der Waals surface area contributed by atoms with E-state index < -0.39 is 43.1 Å². The molecule has 1 aromatic carbocycles. The van der Waals surface area contributed by atoms with E-state index in [-0.39, 0.29) is 32.4 Å². The Labute approximate surface area is 153 Å². The molecule has 0 bridgehead atoms. The Morgan fingerprint density at radius 2 is 2.00 bits per heavy atom. The smallest absolute Gasteiger partial charge is 0.410 e. The molecule has 27 heavy (non-hydrogen) atoms. The predicted octanol–water partition coefficient (Wildman–Crippen LogP) is 2.87. The summed E-state index contributed by atoms with van der Waals surface area (Å²) in [4.78, 5) is 23.4. The Morgan fingerprint density at radius 3 is 2.52 bits per heavy atom. The number of hydrogen-bond donors (Lipinski definition) is 2. The fourth-order valence-corrected chi connectivity index (χ4v) is 3.11. The van der Waals surface area contributed by atoms with E-state index in [0.717, 1.165) is 16.8 Å². The van der Waals surface area contributed by atoms with Crippen LogP contribution in [0.4, 0.5) is 22.4 Å². The van der Waals surface area contributed by atoms with Crippen LogP contribution in [0, 0.1) is 5.82 Å². The van der Waals surface area contributed by atoms with E-state index >= 15 is 0 Å². The molecule has 0 aliphatic carbocycles. The van der Waals surface area contributed by atoms with Crippen LogP contribution >= 0.6 is 11.6 Å². The summed E-state index contributed by atoms with van der Waals surface area (Å²) in [5.74, 6) is -1.75. The zero-order valence-corrected chi connectivity index (χ0v) is 14.1. The lowest BCUT2D eigenvalue weighted by molar-refractivity contribution is -0.187. The summed E-state index contributed by atoms with van der Waals surface area (Å²) in [6.07, 6.45) is -6.64. The van der Waals surface area contributed by atoms with Crippen LogP contribution in [0.5, 0.6) is 0 Å². The number of hydrogen-bond acceptors (Lipinski definition) is 3. The van der Waals surface area contributed by atoms with Crippen molar-refractivity contribution in [1.82, 2.24) is 14.7 Å². The Kier molecular flexibility index (Phi) is 4.50. The molecule has 2 heterocycles. The zero-order chi connectivity index (χ0) is 20.1. The third-order valence-electron chi connectivity index (χ3n) is 4.16. The number of carbonyl (C=O) groups is 2. The fourth-order valence-electron chi connectivity index (χ4n) is 2.93. The lowest BCUT2D eigenvalue weighted by Gasteiger charge is -2.35. The molecule has 144 valence electrons. The van der Waals surface area contributed by atoms with Gasteiger partial charge in [-0.3, -0.25) is 14.4 Å². The Balaban J connectivity index is 2.17. The lowest BCUT2D eigenvalue weighted by atomic mass is 10.0. The van der Waals surface area contributed by atoms with Gasteiger partial charge in [0.25, 0.3) is 5.91 Å². The number of carboxylic acid groups (broad SMARTS) is 1. The molecule has 1 unspecified atom stereocenters. The van der Waals surface area contributed by atoms with Crippen LogP contribution in [-0.2, 0) is 13.1 Å². The Hall–Kier alpha value is -2.82. The Morgan fingerprint density at radius 1 is 1.33 bits per heavy atom. The van der Waals surface area contributed by atoms with Gasteiger partial charge in [-0.25, -0.2) is 9.18 Å². The minimum absolute atomic E-state index is 0.0825. The minimum atomic E-state index is -4.84. The van der Waals surface area contributed by atoms with Crippen LogP contribution in [0.1, 0.15) is 16.1 Å². The van der Waals surface area contributed by atoms with Gasteiger partial charge in [0.1, 0.15) is 11.5 Å². The second-order valence-corrected chi connectivity index (χ2v) is 6.22. The van der Waals surface area contributed by atoms with Crippen molar-refractivity contribution >= 4 is 23.6 Å². The lowest BCUT2D eigenvalue weighted by Crippen LogP contribution is -2.53. The van der Waals surface area contributed by atoms with Crippen LogP contribution in [-0.4, -0.2) is 44.0 Å². The van der Waals surface area contributed by atoms with Gasteiger partial charge in [0, 0.05) is 5.56 Å². The molecule has 3 N–H and O–H groups in total. The van der Waals surface area contributed by atoms with Crippen molar-refractivity contribution in [3.8, 4) is 11.3 Å². The SMILES string of the molecule is NC(=O)c1c(-c2ccc(F)c(Cl)c2)nn2c1CN(C(=O)O)C(C(F)(F)F)C2. The molecular formula is C15H11ClF4N4O3. The molecule has 3 rings (SSSR count). The summed E-state index contributed by atoms with van der Waals surface area (Å²) in [5, 5.41) is 12.8. The second-order valence-electron chi connectivity index (χ2n) is 5.81. The van der Waals surface area contributed by atoms with Gasteiger partial charge in [-0.2, -0.15) is 18.3 Å². The molecule has 12 heteroatoms. The number of rotatable bonds is 2. The summed E-state index contributed by atoms with van der Waals surface area (Å²) >= 11 is 5.71.